The number of nitrogens with one attached hydrogen (secondary N) is 1. The van der Waals surface area contributed by atoms with Crippen LogP contribution in [0.25, 0.3) is 10.1 Å². The lowest BCUT2D eigenvalue weighted by Gasteiger charge is -2.26. The molecule has 3 aromatic rings. The predicted molar refractivity (Wildman–Crippen MR) is 113 cm³/mol. The van der Waals surface area contributed by atoms with Gasteiger partial charge < -0.3 is 16.2 Å². The van der Waals surface area contributed by atoms with Gasteiger partial charge in [0.2, 0.25) is 10.0 Å². The molecule has 1 aliphatic heterocycles. The molecule has 4 N–H and O–H groups in total. The fourth-order valence-corrected chi connectivity index (χ4v) is 5.13. The molecule has 29 heavy (non-hydrogen) atoms. The smallest absolute Gasteiger partial charge is 0.345 e. The minimum Gasteiger partial charge on any atom is -0.477 e. The Morgan fingerprint density at radius 2 is 1.90 bits per heavy atom. The molecule has 0 aliphatic carbocycles. The summed E-state index contributed by atoms with van der Waals surface area (Å²) in [6.07, 6.45) is 3.33. The van der Waals surface area contributed by atoms with Crippen LogP contribution in [0.4, 0.5) is 0 Å². The monoisotopic (exact) mass is 434 g/mol. The van der Waals surface area contributed by atoms with Gasteiger partial charge in [0.05, 0.1) is 9.60 Å². The second-order valence-electron chi connectivity index (χ2n) is 6.33. The van der Waals surface area contributed by atoms with E-state index in [-0.39, 0.29) is 0 Å². The number of carbonyl (C=O) groups is 1. The van der Waals surface area contributed by atoms with Gasteiger partial charge >= 0.3 is 5.97 Å². The topological polar surface area (TPSA) is 126 Å². The Labute approximate surface area is 173 Å². The first-order chi connectivity index (χ1) is 13.9. The minimum absolute atomic E-state index is 0.344. The van der Waals surface area contributed by atoms with Gasteiger partial charge in [-0.25, -0.2) is 13.2 Å². The first-order valence-corrected chi connectivity index (χ1v) is 11.2. The summed E-state index contributed by atoms with van der Waals surface area (Å²) in [5.74, 6) is -0.879. The van der Waals surface area contributed by atoms with Crippen LogP contribution >= 0.6 is 11.3 Å². The van der Waals surface area contributed by atoms with Gasteiger partial charge in [0.1, 0.15) is 4.88 Å². The zero-order chi connectivity index (χ0) is 20.9. The number of nitrogens with zero attached hydrogens (tertiary/aromatic N) is 2. The Bertz CT molecular complexity index is 1040. The maximum Gasteiger partial charge on any atom is 0.345 e. The van der Waals surface area contributed by atoms with E-state index in [9.17, 15) is 13.2 Å². The van der Waals surface area contributed by atoms with Crippen molar-refractivity contribution in [2.45, 2.75) is 11.4 Å². The molecule has 0 unspecified atom stereocenters. The van der Waals surface area contributed by atoms with Crippen LogP contribution in [0.5, 0.6) is 0 Å². The van der Waals surface area contributed by atoms with E-state index in [2.05, 4.69) is 10.3 Å². The molecule has 8 nitrogen and oxygen atoms in total. The van der Waals surface area contributed by atoms with Crippen LogP contribution in [0.1, 0.15) is 15.2 Å². The van der Waals surface area contributed by atoms with Crippen LogP contribution in [0.15, 0.2) is 53.7 Å². The van der Waals surface area contributed by atoms with E-state index in [0.29, 0.717) is 42.5 Å². The first-order valence-electron chi connectivity index (χ1n) is 8.98. The number of carboxylic acid groups (broad SMARTS) is 1. The van der Waals surface area contributed by atoms with E-state index in [4.69, 9.17) is 10.8 Å². The summed E-state index contributed by atoms with van der Waals surface area (Å²) in [6, 6.07) is 10.2. The van der Waals surface area contributed by atoms with Gasteiger partial charge in [-0.15, -0.1) is 11.3 Å². The normalized spacial score (nSPS) is 14.9. The average molecular weight is 435 g/mol. The number of aromatic carboxylic acids is 1. The number of benzene rings is 1. The van der Waals surface area contributed by atoms with E-state index < -0.39 is 16.0 Å². The maximum atomic E-state index is 12.3. The van der Waals surface area contributed by atoms with E-state index in [1.165, 1.54) is 15.6 Å². The van der Waals surface area contributed by atoms with Crippen molar-refractivity contribution in [1.29, 1.82) is 0 Å². The minimum atomic E-state index is -3.33. The number of piperazine rings is 1. The molecule has 2 aromatic heterocycles. The average Bonchev–Trinajstić information content (AvgIpc) is 3.20. The van der Waals surface area contributed by atoms with Crippen LogP contribution in [0.3, 0.4) is 0 Å². The molecule has 0 radical (unpaired) electrons. The molecular weight excluding hydrogens is 412 g/mol. The highest BCUT2D eigenvalue weighted by molar-refractivity contribution is 7.89. The van der Waals surface area contributed by atoms with Crippen LogP contribution in [-0.4, -0.2) is 55.0 Å². The van der Waals surface area contributed by atoms with E-state index in [0.717, 1.165) is 15.6 Å². The number of rotatable bonds is 4. The number of nitrogens with two attached hydrogens (primary N) is 1. The number of thiophene rings is 1. The van der Waals surface area contributed by atoms with Crippen molar-refractivity contribution in [1.82, 2.24) is 14.6 Å². The third-order valence-corrected chi connectivity index (χ3v) is 7.39. The molecular formula is C19H22N4O4S2. The predicted octanol–water partition coefficient (Wildman–Crippen LogP) is 1.73. The van der Waals surface area contributed by atoms with Gasteiger partial charge in [-0.2, -0.15) is 4.31 Å². The summed E-state index contributed by atoms with van der Waals surface area (Å²) in [5, 5.41) is 12.7. The summed E-state index contributed by atoms with van der Waals surface area (Å²) in [7, 11) is -3.33. The number of fused-ring (bicyclic) bond motifs is 1. The fourth-order valence-electron chi connectivity index (χ4n) is 2.82. The van der Waals surface area contributed by atoms with Gasteiger partial charge in [0.15, 0.2) is 0 Å². The molecule has 0 amide bonds. The summed E-state index contributed by atoms with van der Waals surface area (Å²) in [4.78, 5) is 15.2. The number of aromatic nitrogens is 1. The maximum absolute atomic E-state index is 12.3. The zero-order valence-electron chi connectivity index (χ0n) is 15.6. The molecule has 1 aromatic carbocycles. The van der Waals surface area contributed by atoms with Crippen molar-refractivity contribution in [3.05, 3.63) is 59.2 Å². The van der Waals surface area contributed by atoms with Crippen molar-refractivity contribution >= 4 is 37.4 Å². The number of hydrogen-bond acceptors (Lipinski definition) is 7. The highest BCUT2D eigenvalue weighted by Gasteiger charge is 2.25. The van der Waals surface area contributed by atoms with Gasteiger partial charge in [-0.05, 0) is 35.2 Å². The van der Waals surface area contributed by atoms with Gasteiger partial charge in [-0.3, -0.25) is 4.98 Å². The van der Waals surface area contributed by atoms with Crippen LogP contribution in [-0.2, 0) is 16.6 Å². The Morgan fingerprint density at radius 1 is 1.21 bits per heavy atom. The lowest BCUT2D eigenvalue weighted by atomic mass is 10.2. The van der Waals surface area contributed by atoms with Gasteiger partial charge in [0.25, 0.3) is 0 Å². The lowest BCUT2D eigenvalue weighted by Crippen LogP contribution is -2.46. The van der Waals surface area contributed by atoms with E-state index >= 15 is 0 Å². The van der Waals surface area contributed by atoms with Crippen LogP contribution in [0, 0.1) is 0 Å². The van der Waals surface area contributed by atoms with Crippen molar-refractivity contribution in [3.63, 3.8) is 0 Å². The molecule has 1 saturated heterocycles. The molecule has 10 heteroatoms. The highest BCUT2D eigenvalue weighted by atomic mass is 32.2. The fraction of sp³-hybridized carbons (Fsp3) is 0.263. The largest absolute Gasteiger partial charge is 0.477 e. The quantitative estimate of drug-likeness (QED) is 0.571. The molecule has 1 fully saturated rings. The Balaban J connectivity index is 0.000000176. The standard InChI is InChI=1S/C11H17N3O2S.C8H5NO2S/c12-9-10-1-3-11(4-2-10)17(15,16)14-7-5-13-6-8-14;10-8(11)6-3-5-1-2-9-4-7(5)12-6/h1-4,13H,5-9,12H2;1-4H,(H,10,11). The Morgan fingerprint density at radius 3 is 2.48 bits per heavy atom. The second kappa shape index (κ2) is 9.42. The summed E-state index contributed by atoms with van der Waals surface area (Å²) >= 11 is 1.24. The molecule has 3 heterocycles. The number of sulfonamides is 1. The number of pyridine rings is 1. The summed E-state index contributed by atoms with van der Waals surface area (Å²) in [5.41, 5.74) is 6.42. The van der Waals surface area contributed by atoms with E-state index in [1.54, 1.807) is 48.8 Å². The molecule has 0 atom stereocenters. The van der Waals surface area contributed by atoms with E-state index in [1.807, 2.05) is 0 Å². The van der Waals surface area contributed by atoms with Gasteiger partial charge in [-0.1, -0.05) is 12.1 Å². The number of hydrogen-bond donors (Lipinski definition) is 3. The molecule has 4 rings (SSSR count). The summed E-state index contributed by atoms with van der Waals surface area (Å²) in [6.45, 7) is 2.90. The third-order valence-electron chi connectivity index (χ3n) is 4.41. The van der Waals surface area contributed by atoms with Crippen molar-refractivity contribution in [3.8, 4) is 0 Å². The zero-order valence-corrected chi connectivity index (χ0v) is 17.2. The Kier molecular flexibility index (Phi) is 6.93. The van der Waals surface area contributed by atoms with Crippen molar-refractivity contribution in [2.24, 2.45) is 5.73 Å². The molecule has 1 aliphatic rings. The molecule has 154 valence electrons. The van der Waals surface area contributed by atoms with Crippen LogP contribution in [0.2, 0.25) is 0 Å². The number of carboxylic acids is 1. The first kappa shape index (κ1) is 21.3. The van der Waals surface area contributed by atoms with Gasteiger partial charge in [0, 0.05) is 45.1 Å². The molecule has 0 spiro atoms. The molecule has 0 bridgehead atoms. The molecule has 0 saturated carbocycles. The van der Waals surface area contributed by atoms with Crippen molar-refractivity contribution in [2.75, 3.05) is 26.2 Å². The highest BCUT2D eigenvalue weighted by Crippen LogP contribution is 2.24. The van der Waals surface area contributed by atoms with Crippen LogP contribution < -0.4 is 11.1 Å². The van der Waals surface area contributed by atoms with Crippen molar-refractivity contribution < 1.29 is 18.3 Å². The lowest BCUT2D eigenvalue weighted by molar-refractivity contribution is 0.0702. The SMILES string of the molecule is NCc1ccc(S(=O)(=O)N2CCNCC2)cc1.O=C(O)c1cc2ccncc2s1. The Hall–Kier alpha value is -2.37. The second-order valence-corrected chi connectivity index (χ2v) is 9.35. The summed E-state index contributed by atoms with van der Waals surface area (Å²) < 4.78 is 26.9. The third kappa shape index (κ3) is 5.17.